The Kier molecular flexibility index (Phi) is 2.71. The maximum Gasteiger partial charge on any atom is 0.137 e. The minimum Gasteiger partial charge on any atom is -0.376 e. The van der Waals surface area contributed by atoms with Gasteiger partial charge in [-0.2, -0.15) is 0 Å². The third kappa shape index (κ3) is 1.50. The topological polar surface area (TPSA) is 20.2 Å². The Morgan fingerprint density at radius 2 is 2.00 bits per heavy atom. The molecule has 17 heavy (non-hydrogen) atoms. The zero-order valence-electron chi connectivity index (χ0n) is 11.5. The molecule has 0 aromatic rings. The van der Waals surface area contributed by atoms with E-state index < -0.39 is 5.60 Å². The molecule has 0 bridgehead atoms. The minimum absolute atomic E-state index is 0.148. The van der Waals surface area contributed by atoms with Gasteiger partial charge in [0.15, 0.2) is 0 Å². The number of allylic oxidation sites excluding steroid dienone is 1. The lowest BCUT2D eigenvalue weighted by Gasteiger charge is -2.56. The summed E-state index contributed by atoms with van der Waals surface area (Å²) in [6.45, 7) is 8.79. The predicted octanol–water partition coefficient (Wildman–Crippen LogP) is 3.53. The first kappa shape index (κ1) is 12.7. The lowest BCUT2D eigenvalue weighted by molar-refractivity contribution is -0.0781. The van der Waals surface area contributed by atoms with Crippen LogP contribution in [0.3, 0.4) is 0 Å². The molecule has 1 N–H and O–H groups in total. The van der Waals surface area contributed by atoms with Crippen molar-refractivity contribution in [2.24, 2.45) is 16.7 Å². The van der Waals surface area contributed by atoms with Gasteiger partial charge in [0.25, 0.3) is 0 Å². The van der Waals surface area contributed by atoms with Crippen LogP contribution in [-0.4, -0.2) is 10.7 Å². The van der Waals surface area contributed by atoms with Gasteiger partial charge in [0, 0.05) is 11.3 Å². The van der Waals surface area contributed by atoms with E-state index in [1.807, 2.05) is 0 Å². The Hall–Kier alpha value is -0.740. The molecule has 0 aliphatic heterocycles. The van der Waals surface area contributed by atoms with E-state index in [1.165, 1.54) is 12.0 Å². The lowest BCUT2D eigenvalue weighted by Crippen LogP contribution is -2.56. The quantitative estimate of drug-likeness (QED) is 0.500. The molecule has 0 radical (unpaired) electrons. The van der Waals surface area contributed by atoms with Crippen molar-refractivity contribution in [3.05, 3.63) is 11.6 Å². The first-order valence-electron chi connectivity index (χ1n) is 6.69. The Morgan fingerprint density at radius 3 is 2.59 bits per heavy atom. The maximum absolute atomic E-state index is 11.0. The van der Waals surface area contributed by atoms with E-state index in [-0.39, 0.29) is 16.7 Å². The number of aliphatic hydroxyl groups is 1. The normalized spacial score (nSPS) is 44.5. The largest absolute Gasteiger partial charge is 0.376 e. The van der Waals surface area contributed by atoms with Crippen LogP contribution in [0.4, 0.5) is 0 Å². The van der Waals surface area contributed by atoms with Crippen molar-refractivity contribution < 1.29 is 5.11 Å². The van der Waals surface area contributed by atoms with Crippen LogP contribution in [0.25, 0.3) is 0 Å². The summed E-state index contributed by atoms with van der Waals surface area (Å²) in [5, 5.41) is 11.0. The number of fused-ring (bicyclic) bond motifs is 1. The van der Waals surface area contributed by atoms with E-state index in [0.717, 1.165) is 19.3 Å². The van der Waals surface area contributed by atoms with Crippen molar-refractivity contribution in [1.82, 2.24) is 0 Å². The van der Waals surface area contributed by atoms with Gasteiger partial charge < -0.3 is 5.11 Å². The summed E-state index contributed by atoms with van der Waals surface area (Å²) < 4.78 is 0. The Labute approximate surface area is 105 Å². The fourth-order valence-electron chi connectivity index (χ4n) is 4.11. The molecule has 94 valence electrons. The Bertz CT molecular complexity index is 398. The number of hydrogen-bond donors (Lipinski definition) is 1. The lowest BCUT2D eigenvalue weighted by atomic mass is 9.49. The third-order valence-corrected chi connectivity index (χ3v) is 5.25. The van der Waals surface area contributed by atoms with Gasteiger partial charge in [-0.15, -0.1) is 6.42 Å². The SMILES string of the molecule is C#C[C@]1(O)[C@H](C)CC=C2C(C)(C)CCC[C@@]21C. The molecule has 0 saturated heterocycles. The maximum atomic E-state index is 11.0. The Balaban J connectivity index is 2.58. The van der Waals surface area contributed by atoms with Gasteiger partial charge in [-0.25, -0.2) is 0 Å². The molecular formula is C16H24O. The van der Waals surface area contributed by atoms with Crippen LogP contribution in [0.2, 0.25) is 0 Å². The second kappa shape index (κ2) is 3.62. The van der Waals surface area contributed by atoms with Crippen LogP contribution in [0, 0.1) is 29.1 Å². The van der Waals surface area contributed by atoms with Crippen LogP contribution < -0.4 is 0 Å². The second-order valence-electron chi connectivity index (χ2n) is 6.73. The molecule has 0 amide bonds. The van der Waals surface area contributed by atoms with E-state index in [2.05, 4.69) is 39.7 Å². The van der Waals surface area contributed by atoms with Gasteiger partial charge >= 0.3 is 0 Å². The number of rotatable bonds is 0. The van der Waals surface area contributed by atoms with Crippen molar-refractivity contribution in [2.45, 2.75) is 59.0 Å². The van der Waals surface area contributed by atoms with Gasteiger partial charge in [-0.1, -0.05) is 51.7 Å². The third-order valence-electron chi connectivity index (χ3n) is 5.25. The monoisotopic (exact) mass is 232 g/mol. The van der Waals surface area contributed by atoms with E-state index in [1.54, 1.807) is 0 Å². The van der Waals surface area contributed by atoms with Crippen molar-refractivity contribution in [1.29, 1.82) is 0 Å². The van der Waals surface area contributed by atoms with Crippen molar-refractivity contribution in [3.8, 4) is 12.3 Å². The van der Waals surface area contributed by atoms with Gasteiger partial charge in [0.1, 0.15) is 5.60 Å². The van der Waals surface area contributed by atoms with Crippen molar-refractivity contribution >= 4 is 0 Å². The molecule has 0 aromatic carbocycles. The molecule has 2 aliphatic rings. The highest BCUT2D eigenvalue weighted by Gasteiger charge is 2.57. The zero-order chi connectivity index (χ0) is 12.9. The number of terminal acetylenes is 1. The van der Waals surface area contributed by atoms with Crippen LogP contribution >= 0.6 is 0 Å². The molecular weight excluding hydrogens is 208 g/mol. The van der Waals surface area contributed by atoms with Gasteiger partial charge in [0.05, 0.1) is 0 Å². The first-order valence-corrected chi connectivity index (χ1v) is 6.69. The highest BCUT2D eigenvalue weighted by molar-refractivity contribution is 5.37. The molecule has 1 fully saturated rings. The molecule has 0 aromatic heterocycles. The minimum atomic E-state index is -0.977. The summed E-state index contributed by atoms with van der Waals surface area (Å²) in [5.41, 5.74) is 0.350. The van der Waals surface area contributed by atoms with Crippen LogP contribution in [0.5, 0.6) is 0 Å². The fraction of sp³-hybridized carbons (Fsp3) is 0.750. The van der Waals surface area contributed by atoms with E-state index in [4.69, 9.17) is 6.42 Å². The highest BCUT2D eigenvalue weighted by atomic mass is 16.3. The molecule has 2 rings (SSSR count). The van der Waals surface area contributed by atoms with Crippen LogP contribution in [0.15, 0.2) is 11.6 Å². The number of hydrogen-bond acceptors (Lipinski definition) is 1. The first-order chi connectivity index (χ1) is 7.78. The molecule has 3 atom stereocenters. The Morgan fingerprint density at radius 1 is 1.35 bits per heavy atom. The standard InChI is InChI=1S/C16H24O/c1-6-16(17)12(2)8-9-13-14(3,4)10-7-11-15(13,16)5/h1,9,12,17H,7-8,10-11H2,2-5H3/t12-,15+,16+/m1/s1. The van der Waals surface area contributed by atoms with E-state index in [9.17, 15) is 5.11 Å². The van der Waals surface area contributed by atoms with Crippen molar-refractivity contribution in [2.75, 3.05) is 0 Å². The molecule has 0 spiro atoms. The van der Waals surface area contributed by atoms with Gasteiger partial charge in [-0.3, -0.25) is 0 Å². The summed E-state index contributed by atoms with van der Waals surface area (Å²) in [4.78, 5) is 0. The van der Waals surface area contributed by atoms with Gasteiger partial charge in [-0.05, 0) is 24.7 Å². The summed E-state index contributed by atoms with van der Waals surface area (Å²) in [6, 6.07) is 0. The molecule has 1 saturated carbocycles. The molecule has 2 aliphatic carbocycles. The molecule has 1 heteroatoms. The predicted molar refractivity (Wildman–Crippen MR) is 71.4 cm³/mol. The molecule has 0 unspecified atom stereocenters. The summed E-state index contributed by atoms with van der Waals surface area (Å²) in [5.74, 6) is 2.87. The van der Waals surface area contributed by atoms with Crippen LogP contribution in [0.1, 0.15) is 53.4 Å². The van der Waals surface area contributed by atoms with Crippen molar-refractivity contribution in [3.63, 3.8) is 0 Å². The smallest absolute Gasteiger partial charge is 0.137 e. The zero-order valence-corrected chi connectivity index (χ0v) is 11.5. The van der Waals surface area contributed by atoms with Crippen LogP contribution in [-0.2, 0) is 0 Å². The summed E-state index contributed by atoms with van der Waals surface area (Å²) in [6.07, 6.45) is 12.3. The van der Waals surface area contributed by atoms with E-state index in [0.29, 0.717) is 0 Å². The average Bonchev–Trinajstić information content (AvgIpc) is 2.24. The van der Waals surface area contributed by atoms with E-state index >= 15 is 0 Å². The fourth-order valence-corrected chi connectivity index (χ4v) is 4.11. The summed E-state index contributed by atoms with van der Waals surface area (Å²) >= 11 is 0. The van der Waals surface area contributed by atoms with Gasteiger partial charge in [0.2, 0.25) is 0 Å². The average molecular weight is 232 g/mol. The second-order valence-corrected chi connectivity index (χ2v) is 6.73. The summed E-state index contributed by atoms with van der Waals surface area (Å²) in [7, 11) is 0. The highest BCUT2D eigenvalue weighted by Crippen LogP contribution is 2.59. The molecule has 0 heterocycles. The molecule has 1 nitrogen and oxygen atoms in total.